The minimum absolute atomic E-state index is 0.0464. The zero-order chi connectivity index (χ0) is 24.1. The zero-order valence-electron chi connectivity index (χ0n) is 19.4. The van der Waals surface area contributed by atoms with Crippen LogP contribution in [0.25, 0.3) is 5.69 Å². The Hall–Kier alpha value is -2.98. The van der Waals surface area contributed by atoms with E-state index in [2.05, 4.69) is 15.5 Å². The first kappa shape index (κ1) is 24.2. The van der Waals surface area contributed by atoms with E-state index in [1.54, 1.807) is 19.2 Å². The van der Waals surface area contributed by atoms with Crippen LogP contribution in [0.5, 0.6) is 5.75 Å². The molecule has 1 N–H and O–H groups in total. The normalized spacial score (nSPS) is 13.6. The summed E-state index contributed by atoms with van der Waals surface area (Å²) in [6.45, 7) is 5.32. The van der Waals surface area contributed by atoms with Crippen molar-refractivity contribution in [2.24, 2.45) is 0 Å². The van der Waals surface area contributed by atoms with E-state index in [0.717, 1.165) is 47.4 Å². The summed E-state index contributed by atoms with van der Waals surface area (Å²) in [5.74, 6) is 3.52. The van der Waals surface area contributed by atoms with Gasteiger partial charge in [0.2, 0.25) is 5.91 Å². The van der Waals surface area contributed by atoms with Crippen LogP contribution < -0.4 is 10.1 Å². The number of aryl methyl sites for hydroxylation is 2. The van der Waals surface area contributed by atoms with E-state index in [1.165, 1.54) is 11.8 Å². The summed E-state index contributed by atoms with van der Waals surface area (Å²) in [5, 5.41) is 12.0. The molecule has 1 fully saturated rings. The molecule has 10 heteroatoms. The van der Waals surface area contributed by atoms with E-state index in [9.17, 15) is 9.59 Å². The molecule has 0 radical (unpaired) electrons. The van der Waals surface area contributed by atoms with Gasteiger partial charge >= 0.3 is 0 Å². The minimum atomic E-state index is -0.151. The lowest BCUT2D eigenvalue weighted by Gasteiger charge is -2.26. The van der Waals surface area contributed by atoms with Crippen molar-refractivity contribution in [2.75, 3.05) is 42.8 Å². The molecule has 3 aromatic rings. The SMILES string of the molecule is COc1ccc(-n2c(C)nnc2SCC(=O)Nc2ccc(C(=O)N3CCSCC3)cc2C)cc1. The molecule has 2 aromatic carbocycles. The monoisotopic (exact) mass is 497 g/mol. The van der Waals surface area contributed by atoms with Crippen LogP contribution in [-0.2, 0) is 4.79 Å². The molecule has 34 heavy (non-hydrogen) atoms. The first-order valence-corrected chi connectivity index (χ1v) is 13.1. The standard InChI is InChI=1S/C24H27N5O3S2/c1-16-14-18(23(31)28-10-12-33-13-11-28)4-9-21(16)25-22(30)15-34-24-27-26-17(2)29(24)19-5-7-20(32-3)8-6-19/h4-9,14H,10-13,15H2,1-3H3,(H,25,30). The number of amides is 2. The molecule has 2 heterocycles. The van der Waals surface area contributed by atoms with Gasteiger partial charge in [-0.05, 0) is 61.9 Å². The number of thioether (sulfide) groups is 2. The molecule has 2 amide bonds. The zero-order valence-corrected chi connectivity index (χ0v) is 21.0. The van der Waals surface area contributed by atoms with Gasteiger partial charge in [0.05, 0.1) is 12.9 Å². The lowest BCUT2D eigenvalue weighted by Crippen LogP contribution is -2.37. The van der Waals surface area contributed by atoms with Gasteiger partial charge in [-0.1, -0.05) is 11.8 Å². The highest BCUT2D eigenvalue weighted by Crippen LogP contribution is 2.24. The third kappa shape index (κ3) is 5.56. The van der Waals surface area contributed by atoms with E-state index in [-0.39, 0.29) is 17.6 Å². The largest absolute Gasteiger partial charge is 0.497 e. The predicted molar refractivity (Wildman–Crippen MR) is 136 cm³/mol. The summed E-state index contributed by atoms with van der Waals surface area (Å²) >= 11 is 3.19. The first-order valence-electron chi connectivity index (χ1n) is 10.9. The van der Waals surface area contributed by atoms with E-state index in [1.807, 2.05) is 65.4 Å². The Labute approximate surface area is 207 Å². The van der Waals surface area contributed by atoms with Crippen LogP contribution in [0.1, 0.15) is 21.7 Å². The Morgan fingerprint density at radius 1 is 1.09 bits per heavy atom. The molecule has 0 aliphatic carbocycles. The quantitative estimate of drug-likeness (QED) is 0.497. The number of hydrogen-bond acceptors (Lipinski definition) is 7. The van der Waals surface area contributed by atoms with Gasteiger partial charge in [-0.2, -0.15) is 11.8 Å². The van der Waals surface area contributed by atoms with Gasteiger partial charge in [-0.3, -0.25) is 14.2 Å². The number of rotatable bonds is 7. The number of benzene rings is 2. The van der Waals surface area contributed by atoms with Crippen molar-refractivity contribution >= 4 is 41.0 Å². The van der Waals surface area contributed by atoms with Crippen LogP contribution in [0.2, 0.25) is 0 Å². The number of aromatic nitrogens is 3. The third-order valence-corrected chi connectivity index (χ3v) is 7.38. The van der Waals surface area contributed by atoms with Crippen molar-refractivity contribution in [3.05, 3.63) is 59.4 Å². The summed E-state index contributed by atoms with van der Waals surface area (Å²) in [7, 11) is 1.62. The molecule has 0 bridgehead atoms. The highest BCUT2D eigenvalue weighted by Gasteiger charge is 2.19. The molecule has 1 aromatic heterocycles. The van der Waals surface area contributed by atoms with Gasteiger partial charge in [0.25, 0.3) is 5.91 Å². The number of carbonyl (C=O) groups is 2. The van der Waals surface area contributed by atoms with Crippen LogP contribution in [-0.4, -0.2) is 68.9 Å². The third-order valence-electron chi connectivity index (χ3n) is 5.50. The van der Waals surface area contributed by atoms with Gasteiger partial charge in [0, 0.05) is 41.5 Å². The predicted octanol–water partition coefficient (Wildman–Crippen LogP) is 3.81. The molecular formula is C24H27N5O3S2. The van der Waals surface area contributed by atoms with Crippen LogP contribution in [0.4, 0.5) is 5.69 Å². The Balaban J connectivity index is 1.38. The molecule has 178 valence electrons. The maximum Gasteiger partial charge on any atom is 0.253 e. The second kappa shape index (κ2) is 11.0. The fourth-order valence-electron chi connectivity index (χ4n) is 3.67. The van der Waals surface area contributed by atoms with Crippen LogP contribution in [0, 0.1) is 13.8 Å². The molecule has 0 atom stereocenters. The number of carbonyl (C=O) groups excluding carboxylic acids is 2. The van der Waals surface area contributed by atoms with Gasteiger partial charge in [-0.15, -0.1) is 10.2 Å². The van der Waals surface area contributed by atoms with Gasteiger partial charge in [0.15, 0.2) is 5.16 Å². The number of anilines is 1. The van der Waals surface area contributed by atoms with Crippen LogP contribution in [0.15, 0.2) is 47.6 Å². The van der Waals surface area contributed by atoms with Gasteiger partial charge in [-0.25, -0.2) is 0 Å². The molecule has 0 saturated carbocycles. The van der Waals surface area contributed by atoms with Crippen LogP contribution >= 0.6 is 23.5 Å². The van der Waals surface area contributed by atoms with E-state index in [0.29, 0.717) is 16.4 Å². The Morgan fingerprint density at radius 2 is 1.82 bits per heavy atom. The van der Waals surface area contributed by atoms with E-state index in [4.69, 9.17) is 4.74 Å². The van der Waals surface area contributed by atoms with Crippen molar-refractivity contribution in [1.29, 1.82) is 0 Å². The van der Waals surface area contributed by atoms with Crippen molar-refractivity contribution in [2.45, 2.75) is 19.0 Å². The Bertz CT molecular complexity index is 1170. The average Bonchev–Trinajstić information content (AvgIpc) is 3.24. The fourth-order valence-corrected chi connectivity index (χ4v) is 5.37. The Morgan fingerprint density at radius 3 is 2.50 bits per heavy atom. The van der Waals surface area contributed by atoms with Crippen molar-refractivity contribution in [3.8, 4) is 11.4 Å². The maximum absolute atomic E-state index is 12.7. The molecular weight excluding hydrogens is 470 g/mol. The second-order valence-corrected chi connectivity index (χ2v) is 10.0. The lowest BCUT2D eigenvalue weighted by atomic mass is 10.1. The molecule has 8 nitrogen and oxygen atoms in total. The second-order valence-electron chi connectivity index (χ2n) is 7.83. The van der Waals surface area contributed by atoms with Crippen molar-refractivity contribution < 1.29 is 14.3 Å². The number of nitrogens with zero attached hydrogens (tertiary/aromatic N) is 4. The summed E-state index contributed by atoms with van der Waals surface area (Å²) in [6, 6.07) is 13.0. The Kier molecular flexibility index (Phi) is 7.79. The van der Waals surface area contributed by atoms with Crippen molar-refractivity contribution in [1.82, 2.24) is 19.7 Å². The summed E-state index contributed by atoms with van der Waals surface area (Å²) < 4.78 is 7.13. The molecule has 1 aliphatic rings. The molecule has 1 saturated heterocycles. The minimum Gasteiger partial charge on any atom is -0.497 e. The molecule has 1 aliphatic heterocycles. The van der Waals surface area contributed by atoms with Gasteiger partial charge < -0.3 is 15.0 Å². The number of hydrogen-bond donors (Lipinski definition) is 1. The molecule has 0 unspecified atom stereocenters. The van der Waals surface area contributed by atoms with Crippen molar-refractivity contribution in [3.63, 3.8) is 0 Å². The average molecular weight is 498 g/mol. The summed E-state index contributed by atoms with van der Waals surface area (Å²) in [4.78, 5) is 27.3. The van der Waals surface area contributed by atoms with Gasteiger partial charge in [0.1, 0.15) is 11.6 Å². The summed E-state index contributed by atoms with van der Waals surface area (Å²) in [6.07, 6.45) is 0. The van der Waals surface area contributed by atoms with E-state index >= 15 is 0 Å². The molecule has 4 rings (SSSR count). The highest BCUT2D eigenvalue weighted by molar-refractivity contribution is 7.99. The smallest absolute Gasteiger partial charge is 0.253 e. The highest BCUT2D eigenvalue weighted by atomic mass is 32.2. The molecule has 0 spiro atoms. The van der Waals surface area contributed by atoms with E-state index < -0.39 is 0 Å². The number of nitrogens with one attached hydrogen (secondary N) is 1. The fraction of sp³-hybridized carbons (Fsp3) is 0.333. The number of methoxy groups -OCH3 is 1. The maximum atomic E-state index is 12.7. The lowest BCUT2D eigenvalue weighted by molar-refractivity contribution is -0.113. The number of ether oxygens (including phenoxy) is 1. The summed E-state index contributed by atoms with van der Waals surface area (Å²) in [5.41, 5.74) is 3.10. The first-order chi connectivity index (χ1) is 16.5. The van der Waals surface area contributed by atoms with Crippen LogP contribution in [0.3, 0.4) is 0 Å². The topological polar surface area (TPSA) is 89.3 Å².